The van der Waals surface area contributed by atoms with Gasteiger partial charge in [0, 0.05) is 18.0 Å². The SMILES string of the molecule is CC(C)OCCCNC(=O)c1nc2c3c4c(sc3ncn2n1)CC[C@@H](C)C4. The Balaban J connectivity index is 1.56. The minimum Gasteiger partial charge on any atom is -0.379 e. The molecule has 1 amide bonds. The molecule has 3 aromatic rings. The summed E-state index contributed by atoms with van der Waals surface area (Å²) in [6.45, 7) is 7.45. The summed E-state index contributed by atoms with van der Waals surface area (Å²) in [6.07, 6.45) is 5.99. The highest BCUT2D eigenvalue weighted by Gasteiger charge is 2.24. The molecule has 0 aliphatic heterocycles. The molecule has 0 radical (unpaired) electrons. The van der Waals surface area contributed by atoms with Crippen LogP contribution >= 0.6 is 11.3 Å². The van der Waals surface area contributed by atoms with Crippen molar-refractivity contribution >= 4 is 33.1 Å². The molecule has 0 bridgehead atoms. The predicted molar refractivity (Wildman–Crippen MR) is 105 cm³/mol. The summed E-state index contributed by atoms with van der Waals surface area (Å²) in [5, 5.41) is 8.28. The van der Waals surface area contributed by atoms with Crippen molar-refractivity contribution < 1.29 is 9.53 Å². The summed E-state index contributed by atoms with van der Waals surface area (Å²) < 4.78 is 7.11. The van der Waals surface area contributed by atoms with Crippen LogP contribution in [0.15, 0.2) is 6.33 Å². The van der Waals surface area contributed by atoms with Crippen LogP contribution in [0.4, 0.5) is 0 Å². The van der Waals surface area contributed by atoms with Crippen molar-refractivity contribution in [1.82, 2.24) is 24.9 Å². The third-order valence-electron chi connectivity index (χ3n) is 4.89. The highest BCUT2D eigenvalue weighted by molar-refractivity contribution is 7.19. The Morgan fingerprint density at radius 1 is 1.48 bits per heavy atom. The van der Waals surface area contributed by atoms with E-state index in [1.807, 2.05) is 13.8 Å². The zero-order valence-electron chi connectivity index (χ0n) is 16.0. The fraction of sp³-hybridized carbons (Fsp3) is 0.579. The van der Waals surface area contributed by atoms with Gasteiger partial charge in [0.15, 0.2) is 5.65 Å². The van der Waals surface area contributed by atoms with Gasteiger partial charge >= 0.3 is 0 Å². The topological polar surface area (TPSA) is 81.4 Å². The van der Waals surface area contributed by atoms with Crippen molar-refractivity contribution in [3.05, 3.63) is 22.6 Å². The molecule has 27 heavy (non-hydrogen) atoms. The molecule has 7 nitrogen and oxygen atoms in total. The summed E-state index contributed by atoms with van der Waals surface area (Å²) in [5.74, 6) is 0.598. The van der Waals surface area contributed by atoms with Crippen molar-refractivity contribution in [1.29, 1.82) is 0 Å². The number of thiophene rings is 1. The number of nitrogens with zero attached hydrogens (tertiary/aromatic N) is 4. The van der Waals surface area contributed by atoms with Gasteiger partial charge in [0.25, 0.3) is 5.91 Å². The highest BCUT2D eigenvalue weighted by Crippen LogP contribution is 2.38. The number of amides is 1. The molecule has 3 aromatic heterocycles. The lowest BCUT2D eigenvalue weighted by atomic mass is 9.89. The van der Waals surface area contributed by atoms with Crippen LogP contribution in [0, 0.1) is 5.92 Å². The van der Waals surface area contributed by atoms with E-state index < -0.39 is 0 Å². The van der Waals surface area contributed by atoms with Crippen LogP contribution in [0.3, 0.4) is 0 Å². The Morgan fingerprint density at radius 2 is 2.33 bits per heavy atom. The second-order valence-electron chi connectivity index (χ2n) is 7.51. The van der Waals surface area contributed by atoms with Crippen LogP contribution in [-0.4, -0.2) is 44.7 Å². The second kappa shape index (κ2) is 7.52. The fourth-order valence-electron chi connectivity index (χ4n) is 3.51. The Labute approximate surface area is 162 Å². The highest BCUT2D eigenvalue weighted by atomic mass is 32.1. The van der Waals surface area contributed by atoms with Gasteiger partial charge in [-0.3, -0.25) is 4.79 Å². The molecule has 1 aliphatic rings. The summed E-state index contributed by atoms with van der Waals surface area (Å²) in [4.78, 5) is 23.9. The van der Waals surface area contributed by atoms with E-state index in [2.05, 4.69) is 27.3 Å². The fourth-order valence-corrected chi connectivity index (χ4v) is 4.69. The van der Waals surface area contributed by atoms with Crippen molar-refractivity contribution in [2.24, 2.45) is 5.92 Å². The summed E-state index contributed by atoms with van der Waals surface area (Å²) in [6, 6.07) is 0. The molecule has 0 spiro atoms. The lowest BCUT2D eigenvalue weighted by molar-refractivity contribution is 0.0756. The standard InChI is InChI=1S/C19H25N5O2S/c1-11(2)26-8-4-7-20-18(25)16-22-17-15-13-9-12(3)5-6-14(13)27-19(15)21-10-24(17)23-16/h10-12H,4-9H2,1-3H3,(H,20,25)/t12-/m1/s1. The first-order valence-corrected chi connectivity index (χ1v) is 10.4. The monoisotopic (exact) mass is 387 g/mol. The minimum absolute atomic E-state index is 0.192. The molecular weight excluding hydrogens is 362 g/mol. The largest absolute Gasteiger partial charge is 0.379 e. The normalized spacial score (nSPS) is 17.0. The first-order chi connectivity index (χ1) is 13.0. The van der Waals surface area contributed by atoms with Gasteiger partial charge in [0.05, 0.1) is 11.5 Å². The molecule has 144 valence electrons. The van der Waals surface area contributed by atoms with E-state index in [-0.39, 0.29) is 17.8 Å². The average Bonchev–Trinajstić information content (AvgIpc) is 3.21. The molecule has 0 unspecified atom stereocenters. The van der Waals surface area contributed by atoms with Crippen LogP contribution in [-0.2, 0) is 17.6 Å². The maximum atomic E-state index is 12.4. The number of carbonyl (C=O) groups excluding carboxylic acids is 1. The lowest BCUT2D eigenvalue weighted by Crippen LogP contribution is -2.26. The molecule has 1 N–H and O–H groups in total. The molecule has 0 fully saturated rings. The van der Waals surface area contributed by atoms with Crippen LogP contribution in [0.1, 0.15) is 54.7 Å². The Hall–Kier alpha value is -2.06. The Bertz CT molecular complexity index is 977. The molecular formula is C19H25N5O2S. The number of nitrogens with one attached hydrogen (secondary N) is 1. The summed E-state index contributed by atoms with van der Waals surface area (Å²) in [5.41, 5.74) is 2.08. The molecule has 0 aromatic carbocycles. The van der Waals surface area contributed by atoms with E-state index in [0.29, 0.717) is 19.1 Å². The van der Waals surface area contributed by atoms with Crippen LogP contribution < -0.4 is 5.32 Å². The van der Waals surface area contributed by atoms with Crippen LogP contribution in [0.5, 0.6) is 0 Å². The smallest absolute Gasteiger partial charge is 0.290 e. The number of aromatic nitrogens is 4. The van der Waals surface area contributed by atoms with E-state index in [9.17, 15) is 4.79 Å². The third-order valence-corrected chi connectivity index (χ3v) is 6.09. The maximum Gasteiger partial charge on any atom is 0.290 e. The molecule has 4 rings (SSSR count). The quantitative estimate of drug-likeness (QED) is 0.658. The van der Waals surface area contributed by atoms with Gasteiger partial charge in [0.1, 0.15) is 11.2 Å². The molecule has 0 saturated heterocycles. The molecule has 1 atom stereocenters. The van der Waals surface area contributed by atoms with E-state index in [0.717, 1.165) is 35.1 Å². The zero-order valence-corrected chi connectivity index (χ0v) is 16.8. The number of ether oxygens (including phenoxy) is 1. The zero-order chi connectivity index (χ0) is 19.0. The van der Waals surface area contributed by atoms with E-state index >= 15 is 0 Å². The van der Waals surface area contributed by atoms with Crippen molar-refractivity contribution in [2.45, 2.75) is 52.6 Å². The summed E-state index contributed by atoms with van der Waals surface area (Å²) >= 11 is 1.75. The first kappa shape index (κ1) is 18.3. The summed E-state index contributed by atoms with van der Waals surface area (Å²) in [7, 11) is 0. The predicted octanol–water partition coefficient (Wildman–Crippen LogP) is 3.01. The molecule has 3 heterocycles. The lowest BCUT2D eigenvalue weighted by Gasteiger charge is -2.17. The second-order valence-corrected chi connectivity index (χ2v) is 8.59. The van der Waals surface area contributed by atoms with Gasteiger partial charge in [-0.2, -0.15) is 0 Å². The van der Waals surface area contributed by atoms with E-state index in [1.54, 1.807) is 22.2 Å². The van der Waals surface area contributed by atoms with Gasteiger partial charge in [0.2, 0.25) is 5.82 Å². The van der Waals surface area contributed by atoms with Gasteiger partial charge in [-0.1, -0.05) is 6.92 Å². The molecule has 1 aliphatic carbocycles. The minimum atomic E-state index is -0.256. The van der Waals surface area contributed by atoms with Crippen molar-refractivity contribution in [3.8, 4) is 0 Å². The molecule has 0 saturated carbocycles. The van der Waals surface area contributed by atoms with E-state index in [4.69, 9.17) is 4.74 Å². The van der Waals surface area contributed by atoms with Crippen LogP contribution in [0.2, 0.25) is 0 Å². The van der Waals surface area contributed by atoms with Gasteiger partial charge in [-0.15, -0.1) is 16.4 Å². The van der Waals surface area contributed by atoms with Crippen LogP contribution in [0.25, 0.3) is 15.9 Å². The maximum absolute atomic E-state index is 12.4. The number of hydrogen-bond donors (Lipinski definition) is 1. The van der Waals surface area contributed by atoms with Crippen molar-refractivity contribution in [2.75, 3.05) is 13.2 Å². The van der Waals surface area contributed by atoms with E-state index in [1.165, 1.54) is 16.9 Å². The number of aryl methyl sites for hydroxylation is 1. The Morgan fingerprint density at radius 3 is 3.15 bits per heavy atom. The molecule has 8 heteroatoms. The number of carbonyl (C=O) groups is 1. The third kappa shape index (κ3) is 3.68. The number of fused-ring (bicyclic) bond motifs is 5. The van der Waals surface area contributed by atoms with Gasteiger partial charge in [-0.25, -0.2) is 14.5 Å². The van der Waals surface area contributed by atoms with Gasteiger partial charge in [-0.05, 0) is 51.0 Å². The average molecular weight is 388 g/mol. The van der Waals surface area contributed by atoms with Gasteiger partial charge < -0.3 is 10.1 Å². The van der Waals surface area contributed by atoms with Crippen molar-refractivity contribution in [3.63, 3.8) is 0 Å². The first-order valence-electron chi connectivity index (χ1n) is 9.58. The Kier molecular flexibility index (Phi) is 5.10. The number of hydrogen-bond acceptors (Lipinski definition) is 6. The number of rotatable bonds is 6.